The van der Waals surface area contributed by atoms with E-state index in [4.69, 9.17) is 0 Å². The van der Waals surface area contributed by atoms with E-state index < -0.39 is 0 Å². The fraction of sp³-hybridized carbons (Fsp3) is 0.429. The fourth-order valence-corrected chi connectivity index (χ4v) is 2.06. The molecule has 0 unspecified atom stereocenters. The Morgan fingerprint density at radius 3 is 2.78 bits per heavy atom. The Morgan fingerprint density at radius 2 is 2.11 bits per heavy atom. The lowest BCUT2D eigenvalue weighted by Crippen LogP contribution is -2.04. The van der Waals surface area contributed by atoms with Crippen LogP contribution < -0.4 is 0 Å². The maximum Gasteiger partial charge on any atom is 0.112 e. The molecule has 4 nitrogen and oxygen atoms in total. The van der Waals surface area contributed by atoms with Gasteiger partial charge >= 0.3 is 0 Å². The summed E-state index contributed by atoms with van der Waals surface area (Å²) < 4.78 is 1.84. The molecule has 18 heavy (non-hydrogen) atoms. The van der Waals surface area contributed by atoms with Gasteiger partial charge in [-0.05, 0) is 30.5 Å². The second-order valence-corrected chi connectivity index (χ2v) is 4.33. The summed E-state index contributed by atoms with van der Waals surface area (Å²) in [5, 5.41) is 17.5. The summed E-state index contributed by atoms with van der Waals surface area (Å²) in [4.78, 5) is 0. The topological polar surface area (TPSA) is 50.9 Å². The zero-order valence-electron chi connectivity index (χ0n) is 10.9. The van der Waals surface area contributed by atoms with Crippen LogP contribution in [0, 0.1) is 0 Å². The number of aromatic nitrogens is 3. The first kappa shape index (κ1) is 12.8. The van der Waals surface area contributed by atoms with Crippen LogP contribution in [0.2, 0.25) is 0 Å². The van der Waals surface area contributed by atoms with Gasteiger partial charge in [0.15, 0.2) is 0 Å². The Hall–Kier alpha value is -1.68. The van der Waals surface area contributed by atoms with Gasteiger partial charge in [0.2, 0.25) is 0 Å². The highest BCUT2D eigenvalue weighted by Gasteiger charge is 2.12. The van der Waals surface area contributed by atoms with E-state index in [0.29, 0.717) is 5.69 Å². The van der Waals surface area contributed by atoms with Crippen molar-refractivity contribution in [3.8, 4) is 5.69 Å². The Bertz CT molecular complexity index is 520. The molecule has 0 atom stereocenters. The van der Waals surface area contributed by atoms with Gasteiger partial charge in [-0.25, -0.2) is 4.68 Å². The average molecular weight is 245 g/mol. The van der Waals surface area contributed by atoms with Crippen LogP contribution >= 0.6 is 0 Å². The number of aliphatic hydroxyl groups excluding tert-OH is 1. The molecule has 0 aliphatic heterocycles. The van der Waals surface area contributed by atoms with Gasteiger partial charge in [0.1, 0.15) is 5.69 Å². The Morgan fingerprint density at radius 1 is 1.28 bits per heavy atom. The van der Waals surface area contributed by atoms with Crippen molar-refractivity contribution < 1.29 is 5.11 Å². The minimum absolute atomic E-state index is 0.0528. The van der Waals surface area contributed by atoms with Gasteiger partial charge in [0, 0.05) is 0 Å². The molecule has 0 fully saturated rings. The van der Waals surface area contributed by atoms with E-state index in [1.807, 2.05) is 16.8 Å². The Balaban J connectivity index is 2.45. The van der Waals surface area contributed by atoms with Gasteiger partial charge in [-0.3, -0.25) is 0 Å². The molecule has 0 saturated carbocycles. The highest BCUT2D eigenvalue weighted by molar-refractivity contribution is 5.37. The molecule has 96 valence electrons. The largest absolute Gasteiger partial charge is 0.390 e. The number of hydrogen-bond donors (Lipinski definition) is 1. The molecule has 1 N–H and O–H groups in total. The highest BCUT2D eigenvalue weighted by atomic mass is 16.3. The molecule has 0 amide bonds. The van der Waals surface area contributed by atoms with Gasteiger partial charge in [-0.1, -0.05) is 37.6 Å². The first-order valence-electron chi connectivity index (χ1n) is 6.43. The number of aryl methyl sites for hydroxylation is 1. The lowest BCUT2D eigenvalue weighted by molar-refractivity contribution is 0.275. The van der Waals surface area contributed by atoms with Gasteiger partial charge in [-0.15, -0.1) is 5.10 Å². The predicted octanol–water partition coefficient (Wildman–Crippen LogP) is 2.27. The van der Waals surface area contributed by atoms with Crippen molar-refractivity contribution in [2.45, 2.75) is 39.7 Å². The zero-order valence-corrected chi connectivity index (χ0v) is 10.9. The van der Waals surface area contributed by atoms with E-state index in [9.17, 15) is 5.11 Å². The van der Waals surface area contributed by atoms with Crippen molar-refractivity contribution in [3.05, 3.63) is 41.2 Å². The smallest absolute Gasteiger partial charge is 0.112 e. The third-order valence-electron chi connectivity index (χ3n) is 3.04. The van der Waals surface area contributed by atoms with E-state index in [2.05, 4.69) is 36.3 Å². The number of nitrogens with zero attached hydrogens (tertiary/aromatic N) is 3. The van der Waals surface area contributed by atoms with Crippen LogP contribution in [0.1, 0.15) is 37.2 Å². The van der Waals surface area contributed by atoms with Crippen LogP contribution in [0.15, 0.2) is 24.3 Å². The molecule has 0 aliphatic rings. The third-order valence-corrected chi connectivity index (χ3v) is 3.04. The van der Waals surface area contributed by atoms with Crippen LogP contribution in [0.3, 0.4) is 0 Å². The van der Waals surface area contributed by atoms with Gasteiger partial charge in [-0.2, -0.15) is 0 Å². The lowest BCUT2D eigenvalue weighted by Gasteiger charge is -2.07. The monoisotopic (exact) mass is 245 g/mol. The predicted molar refractivity (Wildman–Crippen MR) is 70.7 cm³/mol. The first-order valence-corrected chi connectivity index (χ1v) is 6.43. The number of rotatable bonds is 5. The molecule has 0 radical (unpaired) electrons. The molecular weight excluding hydrogens is 226 g/mol. The maximum absolute atomic E-state index is 9.29. The Kier molecular flexibility index (Phi) is 4.10. The summed E-state index contributed by atoms with van der Waals surface area (Å²) in [5.41, 5.74) is 3.98. The zero-order chi connectivity index (χ0) is 13.0. The summed E-state index contributed by atoms with van der Waals surface area (Å²) in [5.74, 6) is 0. The molecule has 1 heterocycles. The summed E-state index contributed by atoms with van der Waals surface area (Å²) in [6, 6.07) is 8.28. The normalized spacial score (nSPS) is 10.8. The van der Waals surface area contributed by atoms with Crippen molar-refractivity contribution in [2.24, 2.45) is 0 Å². The van der Waals surface area contributed by atoms with Gasteiger partial charge in [0.05, 0.1) is 18.0 Å². The van der Waals surface area contributed by atoms with Crippen LogP contribution in [-0.2, 0) is 19.4 Å². The average Bonchev–Trinajstić information content (AvgIpc) is 2.82. The minimum atomic E-state index is -0.0528. The second kappa shape index (κ2) is 5.78. The lowest BCUT2D eigenvalue weighted by atomic mass is 10.1. The number of hydrogen-bond acceptors (Lipinski definition) is 3. The third kappa shape index (κ3) is 2.43. The summed E-state index contributed by atoms with van der Waals surface area (Å²) in [6.45, 7) is 4.19. The molecular formula is C14H19N3O. The summed E-state index contributed by atoms with van der Waals surface area (Å²) in [7, 11) is 0. The number of benzene rings is 1. The van der Waals surface area contributed by atoms with E-state index in [-0.39, 0.29) is 6.61 Å². The molecule has 4 heteroatoms. The maximum atomic E-state index is 9.29. The Labute approximate surface area is 107 Å². The second-order valence-electron chi connectivity index (χ2n) is 4.33. The van der Waals surface area contributed by atoms with Crippen molar-refractivity contribution in [1.29, 1.82) is 0 Å². The highest BCUT2D eigenvalue weighted by Crippen LogP contribution is 2.16. The molecule has 2 rings (SSSR count). The van der Waals surface area contributed by atoms with E-state index >= 15 is 0 Å². The minimum Gasteiger partial charge on any atom is -0.390 e. The van der Waals surface area contributed by atoms with Crippen LogP contribution in [0.5, 0.6) is 0 Å². The van der Waals surface area contributed by atoms with Gasteiger partial charge < -0.3 is 5.11 Å². The van der Waals surface area contributed by atoms with Crippen LogP contribution in [0.4, 0.5) is 0 Å². The molecule has 0 aliphatic carbocycles. The molecule has 1 aromatic carbocycles. The van der Waals surface area contributed by atoms with E-state index in [0.717, 1.165) is 30.6 Å². The molecule has 1 aromatic heterocycles. The molecule has 0 bridgehead atoms. The van der Waals surface area contributed by atoms with E-state index in [1.165, 1.54) is 5.56 Å². The molecule has 2 aromatic rings. The van der Waals surface area contributed by atoms with Crippen LogP contribution in [-0.4, -0.2) is 20.1 Å². The number of aliphatic hydroxyl groups is 1. The first-order chi connectivity index (χ1) is 8.80. The van der Waals surface area contributed by atoms with Crippen molar-refractivity contribution in [1.82, 2.24) is 15.0 Å². The summed E-state index contributed by atoms with van der Waals surface area (Å²) in [6.07, 6.45) is 2.88. The SMILES string of the molecule is CCCc1c(CO)nnn1-c1cccc(CC)c1. The van der Waals surface area contributed by atoms with E-state index in [1.54, 1.807) is 0 Å². The van der Waals surface area contributed by atoms with Crippen LogP contribution in [0.25, 0.3) is 5.69 Å². The molecule has 0 spiro atoms. The summed E-state index contributed by atoms with van der Waals surface area (Å²) >= 11 is 0. The van der Waals surface area contributed by atoms with Crippen molar-refractivity contribution >= 4 is 0 Å². The molecule has 0 saturated heterocycles. The van der Waals surface area contributed by atoms with Crippen molar-refractivity contribution in [2.75, 3.05) is 0 Å². The fourth-order valence-electron chi connectivity index (χ4n) is 2.06. The van der Waals surface area contributed by atoms with Crippen molar-refractivity contribution in [3.63, 3.8) is 0 Å². The standard InChI is InChI=1S/C14H19N3O/c1-3-6-14-13(10-18)15-16-17(14)12-8-5-7-11(4-2)9-12/h5,7-9,18H,3-4,6,10H2,1-2H3. The quantitative estimate of drug-likeness (QED) is 0.879. The van der Waals surface area contributed by atoms with Gasteiger partial charge in [0.25, 0.3) is 0 Å².